The van der Waals surface area contributed by atoms with Crippen LogP contribution in [-0.2, 0) is 0 Å². The molecule has 0 amide bonds. The van der Waals surface area contributed by atoms with E-state index in [1.807, 2.05) is 4.90 Å². The second-order valence-corrected chi connectivity index (χ2v) is 5.57. The van der Waals surface area contributed by atoms with Crippen LogP contribution < -0.4 is 9.64 Å². The highest BCUT2D eigenvalue weighted by Gasteiger charge is 2.26. The molecule has 0 bridgehead atoms. The Kier molecular flexibility index (Phi) is 5.38. The van der Waals surface area contributed by atoms with Crippen molar-refractivity contribution in [3.05, 3.63) is 12.1 Å². The molecule has 5 heteroatoms. The van der Waals surface area contributed by atoms with Crippen molar-refractivity contribution in [2.45, 2.75) is 46.1 Å². The third kappa shape index (κ3) is 3.84. The maximum atomic E-state index is 14.6. The Morgan fingerprint density at radius 1 is 1.38 bits per heavy atom. The van der Waals surface area contributed by atoms with Gasteiger partial charge in [-0.2, -0.15) is 9.37 Å². The molecule has 114 valence electrons. The van der Waals surface area contributed by atoms with Gasteiger partial charge in [0.15, 0.2) is 12.4 Å². The molecule has 4 nitrogen and oxygen atoms in total. The summed E-state index contributed by atoms with van der Waals surface area (Å²) < 4.78 is 19.9. The van der Waals surface area contributed by atoms with E-state index in [-0.39, 0.29) is 18.5 Å². The van der Waals surface area contributed by atoms with Crippen molar-refractivity contribution in [1.29, 1.82) is 0 Å². The van der Waals surface area contributed by atoms with Crippen molar-refractivity contribution in [3.8, 4) is 17.7 Å². The monoisotopic (exact) mass is 291 g/mol. The summed E-state index contributed by atoms with van der Waals surface area (Å²) in [6, 6.07) is 0.266. The largest absolute Gasteiger partial charge is 0.462 e. The van der Waals surface area contributed by atoms with Gasteiger partial charge in [0.1, 0.15) is 6.33 Å². The zero-order valence-electron chi connectivity index (χ0n) is 12.9. The van der Waals surface area contributed by atoms with E-state index in [0.29, 0.717) is 11.7 Å². The summed E-state index contributed by atoms with van der Waals surface area (Å²) >= 11 is 0. The summed E-state index contributed by atoms with van der Waals surface area (Å²) in [7, 11) is 0. The van der Waals surface area contributed by atoms with Crippen molar-refractivity contribution in [1.82, 2.24) is 9.97 Å². The molecule has 0 radical (unpaired) electrons. The number of halogens is 1. The molecule has 21 heavy (non-hydrogen) atoms. The van der Waals surface area contributed by atoms with Crippen molar-refractivity contribution >= 4 is 5.82 Å². The minimum absolute atomic E-state index is 0.0214. The fourth-order valence-corrected chi connectivity index (χ4v) is 2.64. The molecule has 2 atom stereocenters. The summed E-state index contributed by atoms with van der Waals surface area (Å²) in [6.07, 6.45) is 4.74. The molecule has 1 aromatic rings. The van der Waals surface area contributed by atoms with E-state index in [2.05, 4.69) is 35.7 Å². The average Bonchev–Trinajstić information content (AvgIpc) is 2.62. The number of hydrogen-bond donors (Lipinski definition) is 0. The van der Waals surface area contributed by atoms with E-state index in [1.54, 1.807) is 6.92 Å². The standard InChI is InChI=1S/C16H22FN3O/c1-4-5-9-21-16-14(17)15(18-11-19-16)20-10-12(2)7-6-8-13(20)3/h11-13H,6-10H2,1-3H3/t12-,13-/m1/s1. The number of rotatable bonds is 3. The van der Waals surface area contributed by atoms with Crippen LogP contribution in [0.2, 0.25) is 0 Å². The highest BCUT2D eigenvalue weighted by molar-refractivity contribution is 5.44. The average molecular weight is 291 g/mol. The molecule has 2 heterocycles. The molecule has 0 aromatic carbocycles. The predicted octanol–water partition coefficient (Wildman–Crippen LogP) is 3.03. The molecule has 0 spiro atoms. The van der Waals surface area contributed by atoms with Gasteiger partial charge in [-0.1, -0.05) is 19.3 Å². The minimum atomic E-state index is -0.489. The lowest BCUT2D eigenvalue weighted by molar-refractivity contribution is 0.330. The van der Waals surface area contributed by atoms with Crippen LogP contribution in [0.15, 0.2) is 6.33 Å². The van der Waals surface area contributed by atoms with Crippen LogP contribution in [0.5, 0.6) is 5.88 Å². The third-order valence-electron chi connectivity index (χ3n) is 3.83. The van der Waals surface area contributed by atoms with Gasteiger partial charge in [-0.3, -0.25) is 0 Å². The fraction of sp³-hybridized carbons (Fsp3) is 0.625. The molecule has 0 aliphatic carbocycles. The first-order chi connectivity index (χ1) is 10.1. The second-order valence-electron chi connectivity index (χ2n) is 5.57. The second kappa shape index (κ2) is 7.26. The molecule has 2 rings (SSSR count). The maximum Gasteiger partial charge on any atom is 0.256 e. The third-order valence-corrected chi connectivity index (χ3v) is 3.83. The van der Waals surface area contributed by atoms with Crippen LogP contribution in [-0.4, -0.2) is 29.2 Å². The quantitative estimate of drug-likeness (QED) is 0.802. The Labute approximate surface area is 125 Å². The van der Waals surface area contributed by atoms with Crippen molar-refractivity contribution in [2.75, 3.05) is 18.1 Å². The van der Waals surface area contributed by atoms with Gasteiger partial charge in [-0.25, -0.2) is 4.98 Å². The van der Waals surface area contributed by atoms with Crippen LogP contribution in [0.25, 0.3) is 0 Å². The van der Waals surface area contributed by atoms with E-state index in [1.165, 1.54) is 19.2 Å². The SMILES string of the molecule is CC#CCOc1ncnc(N2C[C@H](C)CCC[C@H]2C)c1F. The Bertz CT molecular complexity index is 538. The molecule has 0 unspecified atom stereocenters. The van der Waals surface area contributed by atoms with Crippen LogP contribution in [0.4, 0.5) is 10.2 Å². The van der Waals surface area contributed by atoms with Gasteiger partial charge in [0.2, 0.25) is 5.82 Å². The van der Waals surface area contributed by atoms with Gasteiger partial charge in [0, 0.05) is 12.6 Å². The van der Waals surface area contributed by atoms with E-state index in [4.69, 9.17) is 4.74 Å². The van der Waals surface area contributed by atoms with E-state index >= 15 is 0 Å². The maximum absolute atomic E-state index is 14.6. The van der Waals surface area contributed by atoms with Gasteiger partial charge in [0.05, 0.1) is 0 Å². The van der Waals surface area contributed by atoms with Crippen LogP contribution in [0, 0.1) is 23.6 Å². The summed E-state index contributed by atoms with van der Waals surface area (Å²) in [5.41, 5.74) is 0. The van der Waals surface area contributed by atoms with Gasteiger partial charge in [-0.05, 0) is 32.6 Å². The summed E-state index contributed by atoms with van der Waals surface area (Å²) in [4.78, 5) is 10.0. The van der Waals surface area contributed by atoms with Crippen LogP contribution >= 0.6 is 0 Å². The lowest BCUT2D eigenvalue weighted by atomic mass is 10.1. The number of anilines is 1. The fourth-order valence-electron chi connectivity index (χ4n) is 2.64. The molecule has 0 saturated carbocycles. The summed E-state index contributed by atoms with van der Waals surface area (Å²) in [6.45, 7) is 6.96. The number of hydrogen-bond acceptors (Lipinski definition) is 4. The van der Waals surface area contributed by atoms with Crippen molar-refractivity contribution in [2.24, 2.45) is 5.92 Å². The summed E-state index contributed by atoms with van der Waals surface area (Å²) in [5.74, 6) is 5.80. The lowest BCUT2D eigenvalue weighted by Gasteiger charge is -2.30. The molecule has 1 fully saturated rings. The molecule has 0 N–H and O–H groups in total. The Morgan fingerprint density at radius 3 is 2.95 bits per heavy atom. The normalized spacial score (nSPS) is 22.2. The molecule has 1 aliphatic heterocycles. The first kappa shape index (κ1) is 15.6. The number of aromatic nitrogens is 2. The first-order valence-corrected chi connectivity index (χ1v) is 7.43. The zero-order valence-corrected chi connectivity index (χ0v) is 12.9. The zero-order chi connectivity index (χ0) is 15.2. The molecule has 1 aromatic heterocycles. The molecular weight excluding hydrogens is 269 g/mol. The topological polar surface area (TPSA) is 38.3 Å². The minimum Gasteiger partial charge on any atom is -0.462 e. The summed E-state index contributed by atoms with van der Waals surface area (Å²) in [5, 5.41) is 0. The molecule has 1 saturated heterocycles. The Morgan fingerprint density at radius 2 is 2.19 bits per heavy atom. The highest BCUT2D eigenvalue weighted by Crippen LogP contribution is 2.29. The van der Waals surface area contributed by atoms with E-state index < -0.39 is 5.82 Å². The Balaban J connectivity index is 2.24. The smallest absolute Gasteiger partial charge is 0.256 e. The van der Waals surface area contributed by atoms with Crippen molar-refractivity contribution < 1.29 is 9.13 Å². The van der Waals surface area contributed by atoms with Gasteiger partial charge in [0.25, 0.3) is 5.88 Å². The molecular formula is C16H22FN3O. The van der Waals surface area contributed by atoms with E-state index in [0.717, 1.165) is 13.0 Å². The van der Waals surface area contributed by atoms with Gasteiger partial charge in [-0.15, -0.1) is 5.92 Å². The van der Waals surface area contributed by atoms with Crippen LogP contribution in [0.1, 0.15) is 40.0 Å². The van der Waals surface area contributed by atoms with Crippen LogP contribution in [0.3, 0.4) is 0 Å². The lowest BCUT2D eigenvalue weighted by Crippen LogP contribution is -2.36. The highest BCUT2D eigenvalue weighted by atomic mass is 19.1. The number of ether oxygens (including phenoxy) is 1. The van der Waals surface area contributed by atoms with Crippen molar-refractivity contribution in [3.63, 3.8) is 0 Å². The molecule has 1 aliphatic rings. The van der Waals surface area contributed by atoms with Gasteiger partial charge >= 0.3 is 0 Å². The number of nitrogens with zero attached hydrogens (tertiary/aromatic N) is 3. The first-order valence-electron chi connectivity index (χ1n) is 7.43. The van der Waals surface area contributed by atoms with Gasteiger partial charge < -0.3 is 9.64 Å². The van der Waals surface area contributed by atoms with E-state index in [9.17, 15) is 4.39 Å². The Hall–Kier alpha value is -1.83. The predicted molar refractivity (Wildman–Crippen MR) is 80.8 cm³/mol.